The molecule has 1 aromatic heterocycles. The maximum atomic E-state index is 12.7. The highest BCUT2D eigenvalue weighted by molar-refractivity contribution is 7.91. The van der Waals surface area contributed by atoms with Crippen LogP contribution >= 0.6 is 22.9 Å². The van der Waals surface area contributed by atoms with Gasteiger partial charge < -0.3 is 5.32 Å². The molecule has 0 bridgehead atoms. The predicted octanol–water partition coefficient (Wildman–Crippen LogP) is 4.69. The highest BCUT2D eigenvalue weighted by Crippen LogP contribution is 2.32. The number of anilines is 1. The molecule has 28 heavy (non-hydrogen) atoms. The first-order chi connectivity index (χ1) is 13.2. The lowest BCUT2D eigenvalue weighted by Gasteiger charge is -2.33. The highest BCUT2D eigenvalue weighted by atomic mass is 35.5. The lowest BCUT2D eigenvalue weighted by atomic mass is 9.85. The number of hydrogen-bond donors (Lipinski definition) is 1. The van der Waals surface area contributed by atoms with Crippen LogP contribution in [0.1, 0.15) is 30.9 Å². The number of carbonyl (C=O) groups is 1. The number of benzene rings is 1. The summed E-state index contributed by atoms with van der Waals surface area (Å²) >= 11 is 6.96. The number of nitrogens with zero attached hydrogens (tertiary/aromatic N) is 1. The van der Waals surface area contributed by atoms with Crippen molar-refractivity contribution in [3.8, 4) is 0 Å². The molecule has 0 unspecified atom stereocenters. The molecule has 1 aromatic carbocycles. The summed E-state index contributed by atoms with van der Waals surface area (Å²) in [5.41, 5.74) is 3.02. The van der Waals surface area contributed by atoms with E-state index in [4.69, 9.17) is 11.6 Å². The third-order valence-electron chi connectivity index (χ3n) is 5.25. The van der Waals surface area contributed by atoms with Gasteiger partial charge in [0.25, 0.3) is 10.0 Å². The zero-order chi connectivity index (χ0) is 20.5. The quantitative estimate of drug-likeness (QED) is 0.733. The third-order valence-corrected chi connectivity index (χ3v) is 8.85. The maximum Gasteiger partial charge on any atom is 0.252 e. The molecule has 3 rings (SSSR count). The molecular weight excluding hydrogens is 416 g/mol. The summed E-state index contributed by atoms with van der Waals surface area (Å²) in [6.07, 6.45) is 1.33. The van der Waals surface area contributed by atoms with E-state index in [0.29, 0.717) is 30.3 Å². The molecule has 0 saturated carbocycles. The standard InChI is InChI=1S/C20H25ClN2O3S2/c1-13-10-14(2)12-17(11-13)22-20(24)15(3)16-6-8-23(9-7-16)28(25,26)19-5-4-18(21)27-19/h4-5,10-12,15-16H,6-9H2,1-3H3,(H,22,24)/t15-/m1/s1. The minimum Gasteiger partial charge on any atom is -0.326 e. The summed E-state index contributed by atoms with van der Waals surface area (Å²) in [7, 11) is -3.50. The zero-order valence-corrected chi connectivity index (χ0v) is 18.6. The van der Waals surface area contributed by atoms with Crippen LogP contribution in [0, 0.1) is 25.7 Å². The van der Waals surface area contributed by atoms with Gasteiger partial charge >= 0.3 is 0 Å². The Hall–Kier alpha value is -1.41. The van der Waals surface area contributed by atoms with E-state index in [1.165, 1.54) is 4.31 Å². The molecule has 8 heteroatoms. The molecule has 0 radical (unpaired) electrons. The number of amides is 1. The van der Waals surface area contributed by atoms with E-state index >= 15 is 0 Å². The fourth-order valence-corrected chi connectivity index (χ4v) is 6.80. The van der Waals surface area contributed by atoms with Gasteiger partial charge in [0, 0.05) is 24.7 Å². The molecule has 152 valence electrons. The second-order valence-electron chi connectivity index (χ2n) is 7.45. The molecule has 1 amide bonds. The van der Waals surface area contributed by atoms with E-state index in [1.807, 2.05) is 32.9 Å². The Morgan fingerprint density at radius 3 is 2.32 bits per heavy atom. The zero-order valence-electron chi connectivity index (χ0n) is 16.2. The van der Waals surface area contributed by atoms with Gasteiger partial charge in [-0.15, -0.1) is 11.3 Å². The van der Waals surface area contributed by atoms with Crippen LogP contribution in [0.5, 0.6) is 0 Å². The van der Waals surface area contributed by atoms with Gasteiger partial charge in [-0.2, -0.15) is 4.31 Å². The smallest absolute Gasteiger partial charge is 0.252 e. The van der Waals surface area contributed by atoms with Crippen molar-refractivity contribution in [1.82, 2.24) is 4.31 Å². The number of rotatable bonds is 5. The Bertz CT molecular complexity index is 943. The summed E-state index contributed by atoms with van der Waals surface area (Å²) in [6.45, 7) is 6.77. The van der Waals surface area contributed by atoms with Crippen molar-refractivity contribution < 1.29 is 13.2 Å². The number of nitrogens with one attached hydrogen (secondary N) is 1. The summed E-state index contributed by atoms with van der Waals surface area (Å²) in [5.74, 6) is -0.0394. The van der Waals surface area contributed by atoms with E-state index in [1.54, 1.807) is 12.1 Å². The minimum absolute atomic E-state index is 0.0173. The van der Waals surface area contributed by atoms with Crippen molar-refractivity contribution in [2.75, 3.05) is 18.4 Å². The molecule has 1 atom stereocenters. The van der Waals surface area contributed by atoms with Crippen LogP contribution in [0.4, 0.5) is 5.69 Å². The molecule has 2 aromatic rings. The Morgan fingerprint density at radius 1 is 1.18 bits per heavy atom. The van der Waals surface area contributed by atoms with E-state index in [2.05, 4.69) is 11.4 Å². The van der Waals surface area contributed by atoms with Crippen LogP contribution < -0.4 is 5.32 Å². The van der Waals surface area contributed by atoms with Crippen LogP contribution in [0.2, 0.25) is 4.34 Å². The molecule has 1 aliphatic heterocycles. The molecule has 5 nitrogen and oxygen atoms in total. The first-order valence-electron chi connectivity index (χ1n) is 9.31. The Balaban J connectivity index is 1.60. The van der Waals surface area contributed by atoms with Gasteiger partial charge in [0.1, 0.15) is 4.21 Å². The maximum absolute atomic E-state index is 12.7. The minimum atomic E-state index is -3.50. The SMILES string of the molecule is Cc1cc(C)cc(NC(=O)[C@H](C)C2CCN(S(=O)(=O)c3ccc(Cl)s3)CC2)c1. The normalized spacial score (nSPS) is 17.4. The fraction of sp³-hybridized carbons (Fsp3) is 0.450. The number of carbonyl (C=O) groups excluding carboxylic acids is 1. The van der Waals surface area contributed by atoms with E-state index in [-0.39, 0.29) is 22.0 Å². The molecule has 1 fully saturated rings. The fourth-order valence-electron chi connectivity index (χ4n) is 3.70. The molecule has 0 aliphatic carbocycles. The topological polar surface area (TPSA) is 66.5 Å². The summed E-state index contributed by atoms with van der Waals surface area (Å²) < 4.78 is 27.7. The van der Waals surface area contributed by atoms with Crippen molar-refractivity contribution in [1.29, 1.82) is 0 Å². The van der Waals surface area contributed by atoms with Crippen LogP contribution in [0.25, 0.3) is 0 Å². The van der Waals surface area contributed by atoms with Gasteiger partial charge in [-0.3, -0.25) is 4.79 Å². The van der Waals surface area contributed by atoms with Gasteiger partial charge in [0.15, 0.2) is 0 Å². The largest absolute Gasteiger partial charge is 0.326 e. The molecule has 1 saturated heterocycles. The number of piperidine rings is 1. The first kappa shape index (κ1) is 21.3. The van der Waals surface area contributed by atoms with Crippen molar-refractivity contribution in [3.05, 3.63) is 45.8 Å². The van der Waals surface area contributed by atoms with Crippen molar-refractivity contribution >= 4 is 44.6 Å². The van der Waals surface area contributed by atoms with Gasteiger partial charge in [0.2, 0.25) is 5.91 Å². The first-order valence-corrected chi connectivity index (χ1v) is 11.9. The summed E-state index contributed by atoms with van der Waals surface area (Å²) in [4.78, 5) is 12.7. The van der Waals surface area contributed by atoms with Crippen molar-refractivity contribution in [2.24, 2.45) is 11.8 Å². The lowest BCUT2D eigenvalue weighted by Crippen LogP contribution is -2.41. The van der Waals surface area contributed by atoms with Crippen LogP contribution in [0.15, 0.2) is 34.5 Å². The number of thiophene rings is 1. The number of sulfonamides is 1. The summed E-state index contributed by atoms with van der Waals surface area (Å²) in [5, 5.41) is 3.01. The molecular formula is C20H25ClN2O3S2. The van der Waals surface area contributed by atoms with Gasteiger partial charge in [0.05, 0.1) is 4.34 Å². The van der Waals surface area contributed by atoms with Crippen LogP contribution in [0.3, 0.4) is 0 Å². The number of halogens is 1. The number of hydrogen-bond acceptors (Lipinski definition) is 4. The average molecular weight is 441 g/mol. The molecule has 1 N–H and O–H groups in total. The van der Waals surface area contributed by atoms with E-state index < -0.39 is 10.0 Å². The van der Waals surface area contributed by atoms with Crippen molar-refractivity contribution in [3.63, 3.8) is 0 Å². The van der Waals surface area contributed by atoms with Crippen LogP contribution in [-0.2, 0) is 14.8 Å². The van der Waals surface area contributed by atoms with Gasteiger partial charge in [-0.1, -0.05) is 24.6 Å². The predicted molar refractivity (Wildman–Crippen MR) is 115 cm³/mol. The lowest BCUT2D eigenvalue weighted by molar-refractivity contribution is -0.121. The third kappa shape index (κ3) is 4.76. The van der Waals surface area contributed by atoms with Crippen LogP contribution in [-0.4, -0.2) is 31.7 Å². The second kappa shape index (κ2) is 8.53. The van der Waals surface area contributed by atoms with Gasteiger partial charge in [-0.05, 0) is 68.0 Å². The van der Waals surface area contributed by atoms with Gasteiger partial charge in [-0.25, -0.2) is 8.42 Å². The molecule has 1 aliphatic rings. The van der Waals surface area contributed by atoms with E-state index in [0.717, 1.165) is 28.2 Å². The summed E-state index contributed by atoms with van der Waals surface area (Å²) in [6, 6.07) is 9.13. The Labute approximate surface area is 175 Å². The Morgan fingerprint density at radius 2 is 1.79 bits per heavy atom. The highest BCUT2D eigenvalue weighted by Gasteiger charge is 2.34. The molecule has 0 spiro atoms. The average Bonchev–Trinajstić information content (AvgIpc) is 3.07. The Kier molecular flexibility index (Phi) is 6.49. The number of aryl methyl sites for hydroxylation is 2. The monoisotopic (exact) mass is 440 g/mol. The van der Waals surface area contributed by atoms with E-state index in [9.17, 15) is 13.2 Å². The second-order valence-corrected chi connectivity index (χ2v) is 11.3. The molecule has 2 heterocycles. The van der Waals surface area contributed by atoms with Crippen molar-refractivity contribution in [2.45, 2.75) is 37.8 Å².